The molecule has 2 aromatic carbocycles. The molecule has 0 aliphatic carbocycles. The molecule has 0 radical (unpaired) electrons. The monoisotopic (exact) mass is 254 g/mol. The van der Waals surface area contributed by atoms with Gasteiger partial charge in [-0.15, -0.1) is 0 Å². The molecule has 1 N–H and O–H groups in total. The Morgan fingerprint density at radius 2 is 1.68 bits per heavy atom. The first-order valence-corrected chi connectivity index (χ1v) is 5.98. The molecule has 0 saturated carbocycles. The van der Waals surface area contributed by atoms with Crippen LogP contribution in [0.1, 0.15) is 22.8 Å². The van der Waals surface area contributed by atoms with Crippen LogP contribution in [0.4, 0.5) is 0 Å². The van der Waals surface area contributed by atoms with Gasteiger partial charge in [-0.1, -0.05) is 36.4 Å². The molecule has 3 nitrogen and oxygen atoms in total. The average molecular weight is 254 g/mol. The van der Waals surface area contributed by atoms with Crippen LogP contribution < -0.4 is 0 Å². The Morgan fingerprint density at radius 1 is 1.00 bits per heavy atom. The SMILES string of the molecule is CC(=O)Cc1ccc(-c2cccc(C(=O)O)c2)cc1. The quantitative estimate of drug-likeness (QED) is 0.911. The van der Waals surface area contributed by atoms with E-state index in [1.807, 2.05) is 30.3 Å². The molecule has 3 heteroatoms. The maximum absolute atomic E-state index is 11.0. The van der Waals surface area contributed by atoms with Gasteiger partial charge in [0, 0.05) is 6.42 Å². The summed E-state index contributed by atoms with van der Waals surface area (Å²) in [5.41, 5.74) is 3.03. The van der Waals surface area contributed by atoms with E-state index < -0.39 is 5.97 Å². The van der Waals surface area contributed by atoms with E-state index in [2.05, 4.69) is 0 Å². The van der Waals surface area contributed by atoms with Crippen molar-refractivity contribution in [3.63, 3.8) is 0 Å². The van der Waals surface area contributed by atoms with Crippen molar-refractivity contribution in [1.29, 1.82) is 0 Å². The fraction of sp³-hybridized carbons (Fsp3) is 0.125. The number of carbonyl (C=O) groups excluding carboxylic acids is 1. The van der Waals surface area contributed by atoms with Crippen molar-refractivity contribution in [2.75, 3.05) is 0 Å². The number of hydrogen-bond donors (Lipinski definition) is 1. The van der Waals surface area contributed by atoms with Gasteiger partial charge >= 0.3 is 5.97 Å². The molecule has 0 unspecified atom stereocenters. The van der Waals surface area contributed by atoms with E-state index in [4.69, 9.17) is 5.11 Å². The fourth-order valence-corrected chi connectivity index (χ4v) is 1.93. The second-order valence-electron chi connectivity index (χ2n) is 4.46. The number of ketones is 1. The predicted molar refractivity (Wildman–Crippen MR) is 73.2 cm³/mol. The summed E-state index contributed by atoms with van der Waals surface area (Å²) in [4.78, 5) is 21.9. The van der Waals surface area contributed by atoms with Crippen LogP contribution in [-0.2, 0) is 11.2 Å². The number of aromatic carboxylic acids is 1. The van der Waals surface area contributed by atoms with E-state index in [-0.39, 0.29) is 11.3 Å². The Balaban J connectivity index is 2.29. The molecule has 0 saturated heterocycles. The van der Waals surface area contributed by atoms with Crippen molar-refractivity contribution in [3.8, 4) is 11.1 Å². The highest BCUT2D eigenvalue weighted by Crippen LogP contribution is 2.21. The van der Waals surface area contributed by atoms with Crippen LogP contribution in [0.25, 0.3) is 11.1 Å². The van der Waals surface area contributed by atoms with Crippen molar-refractivity contribution in [1.82, 2.24) is 0 Å². The number of carboxylic acid groups (broad SMARTS) is 1. The van der Waals surface area contributed by atoms with Gasteiger partial charge in [-0.3, -0.25) is 4.79 Å². The summed E-state index contributed by atoms with van der Waals surface area (Å²) in [5, 5.41) is 8.96. The third-order valence-corrected chi connectivity index (χ3v) is 2.85. The summed E-state index contributed by atoms with van der Waals surface area (Å²) in [5.74, 6) is -0.810. The zero-order valence-electron chi connectivity index (χ0n) is 10.6. The molecule has 0 aromatic heterocycles. The zero-order valence-corrected chi connectivity index (χ0v) is 10.6. The Bertz CT molecular complexity index is 612. The van der Waals surface area contributed by atoms with Crippen LogP contribution in [0.3, 0.4) is 0 Å². The highest BCUT2D eigenvalue weighted by molar-refractivity contribution is 5.89. The minimum atomic E-state index is -0.935. The lowest BCUT2D eigenvalue weighted by atomic mass is 10.0. The maximum Gasteiger partial charge on any atom is 0.335 e. The second-order valence-corrected chi connectivity index (χ2v) is 4.46. The van der Waals surface area contributed by atoms with Crippen LogP contribution >= 0.6 is 0 Å². The van der Waals surface area contributed by atoms with Gasteiger partial charge in [0.1, 0.15) is 5.78 Å². The third kappa shape index (κ3) is 3.28. The van der Waals surface area contributed by atoms with Gasteiger partial charge in [0.15, 0.2) is 0 Å². The Labute approximate surface area is 111 Å². The first-order chi connectivity index (χ1) is 9.06. The lowest BCUT2D eigenvalue weighted by Gasteiger charge is -2.04. The minimum absolute atomic E-state index is 0.126. The van der Waals surface area contributed by atoms with Gasteiger partial charge in [0.25, 0.3) is 0 Å². The van der Waals surface area contributed by atoms with Gasteiger partial charge in [-0.05, 0) is 35.7 Å². The molecule has 0 amide bonds. The molecule has 0 heterocycles. The first kappa shape index (κ1) is 13.0. The molecule has 0 atom stereocenters. The summed E-state index contributed by atoms with van der Waals surface area (Å²) in [7, 11) is 0. The van der Waals surface area contributed by atoms with E-state index >= 15 is 0 Å². The van der Waals surface area contributed by atoms with Gasteiger partial charge in [-0.2, -0.15) is 0 Å². The Hall–Kier alpha value is -2.42. The van der Waals surface area contributed by atoms with E-state index in [1.54, 1.807) is 25.1 Å². The lowest BCUT2D eigenvalue weighted by molar-refractivity contribution is -0.116. The van der Waals surface area contributed by atoms with E-state index in [1.165, 1.54) is 0 Å². The predicted octanol–water partition coefficient (Wildman–Crippen LogP) is 3.18. The number of benzene rings is 2. The standard InChI is InChI=1S/C16H14O3/c1-11(17)9-12-5-7-13(8-6-12)14-3-2-4-15(10-14)16(18)19/h2-8,10H,9H2,1H3,(H,18,19). The molecule has 0 aliphatic rings. The second kappa shape index (κ2) is 5.48. The summed E-state index contributed by atoms with van der Waals surface area (Å²) < 4.78 is 0. The smallest absolute Gasteiger partial charge is 0.335 e. The fourth-order valence-electron chi connectivity index (χ4n) is 1.93. The largest absolute Gasteiger partial charge is 0.478 e. The lowest BCUT2D eigenvalue weighted by Crippen LogP contribution is -1.97. The molecular weight excluding hydrogens is 240 g/mol. The van der Waals surface area contributed by atoms with Crippen LogP contribution in [0.15, 0.2) is 48.5 Å². The molecule has 0 spiro atoms. The van der Waals surface area contributed by atoms with Crippen molar-refractivity contribution in [2.45, 2.75) is 13.3 Å². The molecule has 0 fully saturated rings. The molecule has 19 heavy (non-hydrogen) atoms. The number of Topliss-reactive ketones (excluding diaryl/α,β-unsaturated/α-hetero) is 1. The number of carbonyl (C=O) groups is 2. The summed E-state index contributed by atoms with van der Waals surface area (Å²) in [6.07, 6.45) is 0.426. The maximum atomic E-state index is 11.0. The average Bonchev–Trinajstić information content (AvgIpc) is 2.39. The summed E-state index contributed by atoms with van der Waals surface area (Å²) in [6.45, 7) is 1.56. The van der Waals surface area contributed by atoms with Gasteiger partial charge in [0.05, 0.1) is 5.56 Å². The van der Waals surface area contributed by atoms with Crippen LogP contribution in [0.2, 0.25) is 0 Å². The van der Waals surface area contributed by atoms with E-state index in [0.717, 1.165) is 16.7 Å². The molecule has 0 bridgehead atoms. The van der Waals surface area contributed by atoms with Gasteiger partial charge in [0.2, 0.25) is 0 Å². The van der Waals surface area contributed by atoms with Crippen molar-refractivity contribution >= 4 is 11.8 Å². The van der Waals surface area contributed by atoms with Crippen molar-refractivity contribution < 1.29 is 14.7 Å². The number of carboxylic acids is 1. The number of hydrogen-bond acceptors (Lipinski definition) is 2. The molecule has 0 aliphatic heterocycles. The highest BCUT2D eigenvalue weighted by Gasteiger charge is 2.05. The first-order valence-electron chi connectivity index (χ1n) is 5.98. The molecule has 2 rings (SSSR count). The molecular formula is C16H14O3. The molecule has 2 aromatic rings. The van der Waals surface area contributed by atoms with Crippen molar-refractivity contribution in [2.24, 2.45) is 0 Å². The Kier molecular flexibility index (Phi) is 3.76. The minimum Gasteiger partial charge on any atom is -0.478 e. The van der Waals surface area contributed by atoms with Crippen LogP contribution in [-0.4, -0.2) is 16.9 Å². The van der Waals surface area contributed by atoms with Crippen LogP contribution in [0, 0.1) is 0 Å². The Morgan fingerprint density at radius 3 is 2.26 bits per heavy atom. The third-order valence-electron chi connectivity index (χ3n) is 2.85. The summed E-state index contributed by atoms with van der Waals surface area (Å²) >= 11 is 0. The van der Waals surface area contributed by atoms with Crippen molar-refractivity contribution in [3.05, 3.63) is 59.7 Å². The van der Waals surface area contributed by atoms with E-state index in [0.29, 0.717) is 6.42 Å². The van der Waals surface area contributed by atoms with Gasteiger partial charge < -0.3 is 5.11 Å². The highest BCUT2D eigenvalue weighted by atomic mass is 16.4. The zero-order chi connectivity index (χ0) is 13.8. The van der Waals surface area contributed by atoms with Crippen LogP contribution in [0.5, 0.6) is 0 Å². The van der Waals surface area contributed by atoms with Gasteiger partial charge in [-0.25, -0.2) is 4.79 Å². The normalized spacial score (nSPS) is 10.2. The topological polar surface area (TPSA) is 54.4 Å². The number of rotatable bonds is 4. The van der Waals surface area contributed by atoms with E-state index in [9.17, 15) is 9.59 Å². The molecule has 96 valence electrons. The summed E-state index contributed by atoms with van der Waals surface area (Å²) in [6, 6.07) is 14.4.